The monoisotopic (exact) mass is 394 g/mol. The van der Waals surface area contributed by atoms with Crippen molar-refractivity contribution in [2.24, 2.45) is 0 Å². The molecular weight excluding hydrogens is 380 g/mol. The van der Waals surface area contributed by atoms with Crippen LogP contribution in [0.25, 0.3) is 17.2 Å². The van der Waals surface area contributed by atoms with E-state index in [2.05, 4.69) is 15.1 Å². The molecule has 0 aliphatic rings. The normalized spacial score (nSPS) is 10.9. The van der Waals surface area contributed by atoms with Gasteiger partial charge in [0.15, 0.2) is 11.6 Å². The first-order valence-electron chi connectivity index (χ1n) is 8.49. The number of carbonyl (C=O) groups is 1. The van der Waals surface area contributed by atoms with Gasteiger partial charge in [0.1, 0.15) is 12.4 Å². The van der Waals surface area contributed by atoms with Crippen molar-refractivity contribution >= 4 is 23.2 Å². The fraction of sp³-hybridized carbons (Fsp3) is 0.100. The number of hydrogen-bond donors (Lipinski definition) is 1. The predicted molar refractivity (Wildman–Crippen MR) is 105 cm³/mol. The van der Waals surface area contributed by atoms with Crippen LogP contribution in [-0.2, 0) is 6.61 Å². The number of nitrogens with one attached hydrogen (secondary N) is 1. The average Bonchev–Trinajstić information content (AvgIpc) is 3.11. The molecule has 0 radical (unpaired) electrons. The molecule has 4 aromatic rings. The van der Waals surface area contributed by atoms with E-state index in [9.17, 15) is 9.59 Å². The Bertz CT molecular complexity index is 1230. The highest BCUT2D eigenvalue weighted by molar-refractivity contribution is 6.34. The minimum Gasteiger partial charge on any atom is -0.487 e. The lowest BCUT2D eigenvalue weighted by Gasteiger charge is -2.11. The van der Waals surface area contributed by atoms with Crippen LogP contribution >= 0.6 is 11.6 Å². The van der Waals surface area contributed by atoms with Gasteiger partial charge < -0.3 is 9.72 Å². The highest BCUT2D eigenvalue weighted by atomic mass is 35.5. The zero-order chi connectivity index (χ0) is 19.7. The number of aromatic amines is 1. The molecule has 2 heterocycles. The Morgan fingerprint density at radius 3 is 2.71 bits per heavy atom. The Kier molecular flexibility index (Phi) is 4.67. The molecule has 7 nitrogen and oxygen atoms in total. The highest BCUT2D eigenvalue weighted by Gasteiger charge is 2.14. The third-order valence-electron chi connectivity index (χ3n) is 4.13. The van der Waals surface area contributed by atoms with E-state index in [4.69, 9.17) is 16.3 Å². The first-order chi connectivity index (χ1) is 13.5. The van der Waals surface area contributed by atoms with Gasteiger partial charge in [0.25, 0.3) is 5.56 Å². The standard InChI is InChI=1S/C20H15ClN4O3/c1-12(26)18-15(21)8-5-9-16(18)28-11-14-10-17(27)25-20(22-14)23-19(24-25)13-6-3-2-4-7-13/h2-10H,11H2,1H3,(H,22,23,24). The number of ether oxygens (including phenoxy) is 1. The van der Waals surface area contributed by atoms with E-state index in [0.29, 0.717) is 33.6 Å². The smallest absolute Gasteiger partial charge is 0.276 e. The van der Waals surface area contributed by atoms with Crippen LogP contribution in [0.1, 0.15) is 23.0 Å². The lowest BCUT2D eigenvalue weighted by molar-refractivity contribution is 0.101. The van der Waals surface area contributed by atoms with Gasteiger partial charge in [-0.2, -0.15) is 9.50 Å². The number of halogens is 1. The number of benzene rings is 2. The largest absolute Gasteiger partial charge is 0.487 e. The molecule has 0 unspecified atom stereocenters. The molecule has 0 amide bonds. The van der Waals surface area contributed by atoms with Gasteiger partial charge >= 0.3 is 0 Å². The summed E-state index contributed by atoms with van der Waals surface area (Å²) in [6.07, 6.45) is 0. The third-order valence-corrected chi connectivity index (χ3v) is 4.44. The topological polar surface area (TPSA) is 89.3 Å². The summed E-state index contributed by atoms with van der Waals surface area (Å²) in [7, 11) is 0. The Hall–Kier alpha value is -3.45. The van der Waals surface area contributed by atoms with E-state index < -0.39 is 0 Å². The van der Waals surface area contributed by atoms with E-state index in [1.54, 1.807) is 18.2 Å². The van der Waals surface area contributed by atoms with Crippen molar-refractivity contribution < 1.29 is 9.53 Å². The van der Waals surface area contributed by atoms with Crippen molar-refractivity contribution in [3.8, 4) is 17.1 Å². The van der Waals surface area contributed by atoms with Crippen molar-refractivity contribution in [2.45, 2.75) is 13.5 Å². The number of Topliss-reactive ketones (excluding diaryl/α,β-unsaturated/α-hetero) is 1. The first kappa shape index (κ1) is 17.9. The van der Waals surface area contributed by atoms with E-state index in [1.165, 1.54) is 17.5 Å². The fourth-order valence-electron chi connectivity index (χ4n) is 2.85. The second kappa shape index (κ2) is 7.28. The predicted octanol–water partition coefficient (Wildman–Crippen LogP) is 3.52. The Labute approximate surface area is 164 Å². The molecule has 0 aliphatic heterocycles. The zero-order valence-corrected chi connectivity index (χ0v) is 15.6. The first-order valence-corrected chi connectivity index (χ1v) is 8.87. The van der Waals surface area contributed by atoms with E-state index in [-0.39, 0.29) is 17.9 Å². The molecule has 140 valence electrons. The van der Waals surface area contributed by atoms with Crippen LogP contribution in [0.3, 0.4) is 0 Å². The fourth-order valence-corrected chi connectivity index (χ4v) is 3.14. The Morgan fingerprint density at radius 2 is 1.96 bits per heavy atom. The molecule has 4 rings (SSSR count). The van der Waals surface area contributed by atoms with Gasteiger partial charge in [-0.25, -0.2) is 0 Å². The van der Waals surface area contributed by atoms with Crippen LogP contribution in [-0.4, -0.2) is 25.4 Å². The van der Waals surface area contributed by atoms with E-state index in [1.807, 2.05) is 30.3 Å². The molecule has 0 aliphatic carbocycles. The van der Waals surface area contributed by atoms with Crippen LogP contribution in [0, 0.1) is 0 Å². The lowest BCUT2D eigenvalue weighted by Crippen LogP contribution is -2.16. The van der Waals surface area contributed by atoms with Crippen LogP contribution in [0.4, 0.5) is 0 Å². The minimum absolute atomic E-state index is 0.0416. The molecule has 0 fully saturated rings. The summed E-state index contributed by atoms with van der Waals surface area (Å²) in [6.45, 7) is 1.46. The van der Waals surface area contributed by atoms with E-state index >= 15 is 0 Å². The number of hydrogen-bond acceptors (Lipinski definition) is 5. The average molecular weight is 395 g/mol. The summed E-state index contributed by atoms with van der Waals surface area (Å²) in [6, 6.07) is 15.7. The summed E-state index contributed by atoms with van der Waals surface area (Å²) in [4.78, 5) is 31.6. The van der Waals surface area contributed by atoms with Crippen molar-refractivity contribution in [3.05, 3.63) is 81.2 Å². The van der Waals surface area contributed by atoms with Crippen LogP contribution in [0.15, 0.2) is 59.4 Å². The van der Waals surface area contributed by atoms with Gasteiger partial charge in [-0.1, -0.05) is 48.0 Å². The molecule has 0 spiro atoms. The summed E-state index contributed by atoms with van der Waals surface area (Å²) in [5.41, 5.74) is 1.28. The van der Waals surface area contributed by atoms with Crippen molar-refractivity contribution in [1.29, 1.82) is 0 Å². The molecule has 0 bridgehead atoms. The van der Waals surface area contributed by atoms with E-state index in [0.717, 1.165) is 5.56 Å². The number of rotatable bonds is 5. The van der Waals surface area contributed by atoms with Gasteiger partial charge in [0.2, 0.25) is 5.78 Å². The summed E-state index contributed by atoms with van der Waals surface area (Å²) in [5.74, 6) is 0.908. The number of aromatic nitrogens is 4. The molecular formula is C20H15ClN4O3. The molecule has 1 N–H and O–H groups in total. The molecule has 0 atom stereocenters. The van der Waals surface area contributed by atoms with Gasteiger partial charge in [-0.05, 0) is 19.1 Å². The number of carbonyl (C=O) groups excluding carboxylic acids is 1. The maximum atomic E-state index is 12.4. The molecule has 28 heavy (non-hydrogen) atoms. The number of nitrogens with zero attached hydrogens (tertiary/aromatic N) is 3. The molecule has 0 saturated carbocycles. The molecule has 0 saturated heterocycles. The Morgan fingerprint density at radius 1 is 1.18 bits per heavy atom. The van der Waals surface area contributed by atoms with Gasteiger partial charge in [0.05, 0.1) is 16.3 Å². The minimum atomic E-state index is -0.333. The van der Waals surface area contributed by atoms with Gasteiger partial charge in [-0.15, -0.1) is 5.10 Å². The molecule has 8 heteroatoms. The second-order valence-corrected chi connectivity index (χ2v) is 6.53. The zero-order valence-electron chi connectivity index (χ0n) is 14.8. The van der Waals surface area contributed by atoms with Crippen LogP contribution in [0.2, 0.25) is 5.02 Å². The summed E-state index contributed by atoms with van der Waals surface area (Å²) < 4.78 is 6.93. The third kappa shape index (κ3) is 3.39. The van der Waals surface area contributed by atoms with Crippen molar-refractivity contribution in [1.82, 2.24) is 19.6 Å². The number of H-pyrrole nitrogens is 1. The van der Waals surface area contributed by atoms with Crippen LogP contribution in [0.5, 0.6) is 5.75 Å². The quantitative estimate of drug-likeness (QED) is 0.523. The Balaban J connectivity index is 1.65. The summed E-state index contributed by atoms with van der Waals surface area (Å²) in [5, 5.41) is 4.57. The van der Waals surface area contributed by atoms with Crippen molar-refractivity contribution in [3.63, 3.8) is 0 Å². The van der Waals surface area contributed by atoms with Crippen molar-refractivity contribution in [2.75, 3.05) is 0 Å². The number of fused-ring (bicyclic) bond motifs is 1. The lowest BCUT2D eigenvalue weighted by atomic mass is 10.1. The summed E-state index contributed by atoms with van der Waals surface area (Å²) >= 11 is 6.09. The van der Waals surface area contributed by atoms with Crippen LogP contribution < -0.4 is 10.3 Å². The molecule has 2 aromatic carbocycles. The highest BCUT2D eigenvalue weighted by Crippen LogP contribution is 2.27. The SMILES string of the molecule is CC(=O)c1c(Cl)cccc1OCc1cc(=O)n2nc(-c3ccccc3)nc2[nH]1. The molecule has 2 aromatic heterocycles. The maximum Gasteiger partial charge on any atom is 0.276 e. The second-order valence-electron chi connectivity index (χ2n) is 6.13. The van der Waals surface area contributed by atoms with Gasteiger partial charge in [-0.3, -0.25) is 9.59 Å². The number of ketones is 1. The maximum absolute atomic E-state index is 12.4. The van der Waals surface area contributed by atoms with Gasteiger partial charge in [0, 0.05) is 11.6 Å².